The van der Waals surface area contributed by atoms with Crippen molar-refractivity contribution in [2.75, 3.05) is 0 Å². The maximum atomic E-state index is 12.7. The Morgan fingerprint density at radius 3 is 2.68 bits per heavy atom. The molecule has 1 aromatic heterocycles. The Kier molecular flexibility index (Phi) is 5.06. The van der Waals surface area contributed by atoms with Gasteiger partial charge in [-0.2, -0.15) is 0 Å². The van der Waals surface area contributed by atoms with Gasteiger partial charge < -0.3 is 5.32 Å². The van der Waals surface area contributed by atoms with Crippen LogP contribution in [0.2, 0.25) is 0 Å². The Bertz CT molecular complexity index is 707. The van der Waals surface area contributed by atoms with Gasteiger partial charge in [-0.05, 0) is 24.3 Å². The van der Waals surface area contributed by atoms with Gasteiger partial charge in [-0.1, -0.05) is 67.8 Å². The second-order valence-electron chi connectivity index (χ2n) is 7.11. The predicted octanol–water partition coefficient (Wildman–Crippen LogP) is 3.65. The van der Waals surface area contributed by atoms with E-state index in [4.69, 9.17) is 0 Å². The third-order valence-corrected chi connectivity index (χ3v) is 6.07. The lowest BCUT2D eigenvalue weighted by Gasteiger charge is -2.15. The van der Waals surface area contributed by atoms with Crippen LogP contribution in [0.15, 0.2) is 35.5 Å². The highest BCUT2D eigenvalue weighted by molar-refractivity contribution is 8.00. The van der Waals surface area contributed by atoms with Crippen LogP contribution in [0.3, 0.4) is 0 Å². The summed E-state index contributed by atoms with van der Waals surface area (Å²) in [6.45, 7) is 0. The van der Waals surface area contributed by atoms with E-state index in [0.29, 0.717) is 11.2 Å². The fourth-order valence-electron chi connectivity index (χ4n) is 3.42. The Balaban J connectivity index is 1.46. The van der Waals surface area contributed by atoms with Crippen LogP contribution in [-0.2, 0) is 11.2 Å². The van der Waals surface area contributed by atoms with Crippen molar-refractivity contribution in [3.8, 4) is 0 Å². The molecule has 2 aromatic rings. The molecule has 2 fully saturated rings. The zero-order valence-electron chi connectivity index (χ0n) is 14.3. The molecule has 0 aliphatic heterocycles. The molecule has 0 saturated heterocycles. The molecule has 2 saturated carbocycles. The molecule has 2 aliphatic carbocycles. The van der Waals surface area contributed by atoms with Gasteiger partial charge in [-0.15, -0.1) is 5.10 Å². The molecule has 5 nitrogen and oxygen atoms in total. The standard InChI is InChI=1S/C19H24N4OS/c24-18(20-15-10-11-15)17(14-8-2-1-3-9-14)25-19-21-16(22-23-19)12-13-6-4-5-7-13/h1-3,8-9,13,15,17H,4-7,10-12H2,(H,20,24)(H,21,22,23). The number of nitrogens with zero attached hydrogens (tertiary/aromatic N) is 2. The number of hydrogen-bond donors (Lipinski definition) is 2. The van der Waals surface area contributed by atoms with E-state index < -0.39 is 0 Å². The lowest BCUT2D eigenvalue weighted by Crippen LogP contribution is -2.29. The minimum Gasteiger partial charge on any atom is -0.352 e. The number of aromatic amines is 1. The highest BCUT2D eigenvalue weighted by Crippen LogP contribution is 2.35. The fraction of sp³-hybridized carbons (Fsp3) is 0.526. The van der Waals surface area contributed by atoms with Crippen LogP contribution in [0.5, 0.6) is 0 Å². The van der Waals surface area contributed by atoms with Crippen molar-refractivity contribution in [1.82, 2.24) is 20.5 Å². The van der Waals surface area contributed by atoms with Gasteiger partial charge >= 0.3 is 0 Å². The Morgan fingerprint density at radius 2 is 1.96 bits per heavy atom. The largest absolute Gasteiger partial charge is 0.352 e. The summed E-state index contributed by atoms with van der Waals surface area (Å²) >= 11 is 1.43. The average Bonchev–Trinajstić information content (AvgIpc) is 3.10. The van der Waals surface area contributed by atoms with E-state index in [1.165, 1.54) is 37.4 Å². The number of hydrogen-bond acceptors (Lipinski definition) is 4. The Hall–Kier alpha value is -1.82. The van der Waals surface area contributed by atoms with Gasteiger partial charge in [0.05, 0.1) is 0 Å². The van der Waals surface area contributed by atoms with Gasteiger partial charge in [0, 0.05) is 12.5 Å². The first-order valence-electron chi connectivity index (χ1n) is 9.21. The predicted molar refractivity (Wildman–Crippen MR) is 98.2 cm³/mol. The molecule has 1 aromatic carbocycles. The zero-order chi connectivity index (χ0) is 17.1. The fourth-order valence-corrected chi connectivity index (χ4v) is 4.36. The summed E-state index contributed by atoms with van der Waals surface area (Å²) in [5, 5.41) is 10.9. The normalized spacial score (nSPS) is 19.0. The number of H-pyrrole nitrogens is 1. The molecule has 25 heavy (non-hydrogen) atoms. The lowest BCUT2D eigenvalue weighted by atomic mass is 10.0. The van der Waals surface area contributed by atoms with E-state index in [1.807, 2.05) is 30.3 Å². The number of benzene rings is 1. The topological polar surface area (TPSA) is 70.7 Å². The molecule has 6 heteroatoms. The molecule has 4 rings (SSSR count). The number of nitrogens with one attached hydrogen (secondary N) is 2. The van der Waals surface area contributed by atoms with Crippen LogP contribution >= 0.6 is 11.8 Å². The van der Waals surface area contributed by atoms with Crippen molar-refractivity contribution in [2.45, 2.75) is 61.4 Å². The minimum atomic E-state index is -0.308. The van der Waals surface area contributed by atoms with Gasteiger partial charge in [0.15, 0.2) is 0 Å². The number of thioether (sulfide) groups is 1. The Labute approximate surface area is 152 Å². The van der Waals surface area contributed by atoms with E-state index >= 15 is 0 Å². The molecule has 0 spiro atoms. The van der Waals surface area contributed by atoms with Gasteiger partial charge in [-0.25, -0.2) is 4.98 Å². The molecule has 0 radical (unpaired) electrons. The van der Waals surface area contributed by atoms with Gasteiger partial charge in [-0.3, -0.25) is 9.89 Å². The van der Waals surface area contributed by atoms with Crippen molar-refractivity contribution in [2.24, 2.45) is 5.92 Å². The summed E-state index contributed by atoms with van der Waals surface area (Å²) in [6.07, 6.45) is 8.39. The quantitative estimate of drug-likeness (QED) is 0.743. The maximum absolute atomic E-state index is 12.7. The first kappa shape index (κ1) is 16.6. The molecule has 1 atom stereocenters. The smallest absolute Gasteiger partial charge is 0.238 e. The number of aromatic nitrogens is 3. The number of carbonyl (C=O) groups excluding carboxylic acids is 1. The third-order valence-electron chi connectivity index (χ3n) is 4.96. The van der Waals surface area contributed by atoms with Crippen LogP contribution in [0.4, 0.5) is 0 Å². The molecular formula is C19H24N4OS. The summed E-state index contributed by atoms with van der Waals surface area (Å²) in [5.74, 6) is 1.73. The van der Waals surface area contributed by atoms with E-state index in [2.05, 4.69) is 20.5 Å². The van der Waals surface area contributed by atoms with E-state index in [1.54, 1.807) is 0 Å². The van der Waals surface area contributed by atoms with E-state index in [0.717, 1.165) is 36.6 Å². The molecule has 1 unspecified atom stereocenters. The first-order valence-corrected chi connectivity index (χ1v) is 10.1. The lowest BCUT2D eigenvalue weighted by molar-refractivity contribution is -0.120. The third kappa shape index (κ3) is 4.42. The second-order valence-corrected chi connectivity index (χ2v) is 8.18. The summed E-state index contributed by atoms with van der Waals surface area (Å²) in [7, 11) is 0. The van der Waals surface area contributed by atoms with E-state index in [-0.39, 0.29) is 11.2 Å². The Morgan fingerprint density at radius 1 is 1.20 bits per heavy atom. The van der Waals surface area contributed by atoms with Gasteiger partial charge in [0.1, 0.15) is 11.1 Å². The number of rotatable bonds is 7. The molecule has 2 N–H and O–H groups in total. The number of amides is 1. The second kappa shape index (κ2) is 7.60. The van der Waals surface area contributed by atoms with Crippen LogP contribution < -0.4 is 5.32 Å². The summed E-state index contributed by atoms with van der Waals surface area (Å²) < 4.78 is 0. The molecule has 2 aliphatic rings. The monoisotopic (exact) mass is 356 g/mol. The van der Waals surface area contributed by atoms with Crippen LogP contribution in [0.1, 0.15) is 55.2 Å². The summed E-state index contributed by atoms with van der Waals surface area (Å²) in [4.78, 5) is 17.3. The molecule has 0 bridgehead atoms. The van der Waals surface area contributed by atoms with Crippen molar-refractivity contribution in [1.29, 1.82) is 0 Å². The molecule has 132 valence electrons. The summed E-state index contributed by atoms with van der Waals surface area (Å²) in [5.41, 5.74) is 0.993. The first-order chi connectivity index (χ1) is 12.3. The molecule has 1 heterocycles. The van der Waals surface area contributed by atoms with Crippen LogP contribution in [0, 0.1) is 5.92 Å². The highest BCUT2D eigenvalue weighted by atomic mass is 32.2. The minimum absolute atomic E-state index is 0.0563. The summed E-state index contributed by atoms with van der Waals surface area (Å²) in [6, 6.07) is 10.3. The van der Waals surface area contributed by atoms with E-state index in [9.17, 15) is 4.79 Å². The highest BCUT2D eigenvalue weighted by Gasteiger charge is 2.30. The van der Waals surface area contributed by atoms with Crippen molar-refractivity contribution < 1.29 is 4.79 Å². The van der Waals surface area contributed by atoms with Gasteiger partial charge in [0.2, 0.25) is 11.1 Å². The van der Waals surface area contributed by atoms with Crippen LogP contribution in [0.25, 0.3) is 0 Å². The SMILES string of the molecule is O=C(NC1CC1)C(Sc1n[nH]c(CC2CCCC2)n1)c1ccccc1. The number of carbonyl (C=O) groups is 1. The van der Waals surface area contributed by atoms with Crippen LogP contribution in [-0.4, -0.2) is 27.1 Å². The molecular weight excluding hydrogens is 332 g/mol. The zero-order valence-corrected chi connectivity index (χ0v) is 15.1. The van der Waals surface area contributed by atoms with Crippen molar-refractivity contribution in [3.05, 3.63) is 41.7 Å². The average molecular weight is 356 g/mol. The maximum Gasteiger partial charge on any atom is 0.238 e. The van der Waals surface area contributed by atoms with Gasteiger partial charge in [0.25, 0.3) is 0 Å². The van der Waals surface area contributed by atoms with Crippen molar-refractivity contribution in [3.63, 3.8) is 0 Å². The molecule has 1 amide bonds. The van der Waals surface area contributed by atoms with Crippen molar-refractivity contribution >= 4 is 17.7 Å².